The summed E-state index contributed by atoms with van der Waals surface area (Å²) in [6.45, 7) is 1.87. The average molecular weight is 242 g/mol. The fourth-order valence-corrected chi connectivity index (χ4v) is 1.41. The largest absolute Gasteiger partial charge is 0.478 e. The third kappa shape index (κ3) is 3.24. The summed E-state index contributed by atoms with van der Waals surface area (Å²) in [6, 6.07) is 4.33. The van der Waals surface area contributed by atoms with Crippen LogP contribution in [0.1, 0.15) is 30.1 Å². The Labute approximate surface area is 98.2 Å². The van der Waals surface area contributed by atoms with Crippen LogP contribution in [0.5, 0.6) is 0 Å². The van der Waals surface area contributed by atoms with E-state index in [1.54, 1.807) is 0 Å². The Morgan fingerprint density at radius 2 is 2.12 bits per heavy atom. The van der Waals surface area contributed by atoms with Gasteiger partial charge in [-0.2, -0.15) is 0 Å². The van der Waals surface area contributed by atoms with Crippen molar-refractivity contribution >= 4 is 29.2 Å². The predicted molar refractivity (Wildman–Crippen MR) is 61.9 cm³/mol. The molecule has 16 heavy (non-hydrogen) atoms. The van der Waals surface area contributed by atoms with E-state index >= 15 is 0 Å². The van der Waals surface area contributed by atoms with Crippen LogP contribution in [0.25, 0.3) is 0 Å². The number of aromatic carboxylic acids is 1. The zero-order chi connectivity index (χ0) is 12.1. The van der Waals surface area contributed by atoms with Crippen LogP contribution in [0, 0.1) is 0 Å². The van der Waals surface area contributed by atoms with Gasteiger partial charge in [0.05, 0.1) is 11.3 Å². The van der Waals surface area contributed by atoms with Gasteiger partial charge in [0.25, 0.3) is 0 Å². The maximum Gasteiger partial charge on any atom is 0.337 e. The zero-order valence-corrected chi connectivity index (χ0v) is 9.54. The highest BCUT2D eigenvalue weighted by atomic mass is 35.5. The van der Waals surface area contributed by atoms with E-state index in [1.807, 2.05) is 6.92 Å². The van der Waals surface area contributed by atoms with E-state index < -0.39 is 5.97 Å². The quantitative estimate of drug-likeness (QED) is 0.852. The van der Waals surface area contributed by atoms with Gasteiger partial charge in [-0.3, -0.25) is 4.79 Å². The number of halogens is 1. The highest BCUT2D eigenvalue weighted by Crippen LogP contribution is 2.20. The third-order valence-electron chi connectivity index (χ3n) is 1.96. The maximum atomic E-state index is 11.3. The summed E-state index contributed by atoms with van der Waals surface area (Å²) in [5.74, 6) is -1.32. The minimum Gasteiger partial charge on any atom is -0.478 e. The molecule has 0 aliphatic rings. The second-order valence-electron chi connectivity index (χ2n) is 3.29. The fourth-order valence-electron chi connectivity index (χ4n) is 1.24. The molecule has 0 aliphatic carbocycles. The number of carboxylic acids is 1. The van der Waals surface area contributed by atoms with Crippen LogP contribution < -0.4 is 5.32 Å². The summed E-state index contributed by atoms with van der Waals surface area (Å²) in [5, 5.41) is 11.8. The molecule has 86 valence electrons. The van der Waals surface area contributed by atoms with Crippen molar-refractivity contribution in [3.63, 3.8) is 0 Å². The highest BCUT2D eigenvalue weighted by Gasteiger charge is 2.12. The summed E-state index contributed by atoms with van der Waals surface area (Å²) in [6.07, 6.45) is 1.07. The molecule has 0 bridgehead atoms. The molecule has 0 atom stereocenters. The Balaban J connectivity index is 2.95. The first-order valence-electron chi connectivity index (χ1n) is 4.87. The first-order valence-corrected chi connectivity index (χ1v) is 5.25. The van der Waals surface area contributed by atoms with Crippen LogP contribution in [0.4, 0.5) is 5.69 Å². The topological polar surface area (TPSA) is 66.4 Å². The van der Waals surface area contributed by atoms with E-state index in [1.165, 1.54) is 18.2 Å². The number of benzene rings is 1. The summed E-state index contributed by atoms with van der Waals surface area (Å²) >= 11 is 5.68. The summed E-state index contributed by atoms with van der Waals surface area (Å²) in [5.41, 5.74) is 0.271. The van der Waals surface area contributed by atoms with Crippen molar-refractivity contribution in [3.05, 3.63) is 28.8 Å². The van der Waals surface area contributed by atoms with Crippen LogP contribution >= 0.6 is 11.6 Å². The third-order valence-corrected chi connectivity index (χ3v) is 2.20. The number of amides is 1. The predicted octanol–water partition coefficient (Wildman–Crippen LogP) is 2.78. The van der Waals surface area contributed by atoms with Crippen LogP contribution in [0.15, 0.2) is 18.2 Å². The average Bonchev–Trinajstić information content (AvgIpc) is 2.20. The van der Waals surface area contributed by atoms with Gasteiger partial charge < -0.3 is 10.4 Å². The van der Waals surface area contributed by atoms with Crippen molar-refractivity contribution in [2.75, 3.05) is 5.32 Å². The Hall–Kier alpha value is -1.55. The zero-order valence-electron chi connectivity index (χ0n) is 8.79. The number of carbonyl (C=O) groups excluding carboxylic acids is 1. The van der Waals surface area contributed by atoms with Gasteiger partial charge in [0, 0.05) is 11.4 Å². The standard InChI is InChI=1S/C11H12ClNO3/c1-2-3-10(14)13-9-5-4-7(12)6-8(9)11(15)16/h4-6H,2-3H2,1H3,(H,13,14)(H,15,16). The molecule has 0 radical (unpaired) electrons. The normalized spacial score (nSPS) is 9.88. The molecule has 0 fully saturated rings. The Morgan fingerprint density at radius 3 is 2.69 bits per heavy atom. The maximum absolute atomic E-state index is 11.3. The van der Waals surface area contributed by atoms with Crippen LogP contribution in [0.2, 0.25) is 5.02 Å². The first kappa shape index (κ1) is 12.5. The molecule has 1 aromatic rings. The van der Waals surface area contributed by atoms with Gasteiger partial charge in [-0.25, -0.2) is 4.79 Å². The minimum atomic E-state index is -1.12. The van der Waals surface area contributed by atoms with E-state index in [9.17, 15) is 9.59 Å². The number of rotatable bonds is 4. The van der Waals surface area contributed by atoms with E-state index in [-0.39, 0.29) is 17.2 Å². The summed E-state index contributed by atoms with van der Waals surface area (Å²) in [4.78, 5) is 22.2. The summed E-state index contributed by atoms with van der Waals surface area (Å²) in [7, 11) is 0. The number of anilines is 1. The number of carboxylic acid groups (broad SMARTS) is 1. The van der Waals surface area contributed by atoms with Crippen molar-refractivity contribution in [1.82, 2.24) is 0 Å². The monoisotopic (exact) mass is 241 g/mol. The molecule has 0 aromatic heterocycles. The van der Waals surface area contributed by atoms with E-state index in [0.717, 1.165) is 0 Å². The van der Waals surface area contributed by atoms with Gasteiger partial charge in [0.15, 0.2) is 0 Å². The second-order valence-corrected chi connectivity index (χ2v) is 3.73. The van der Waals surface area contributed by atoms with Crippen LogP contribution in [0.3, 0.4) is 0 Å². The molecule has 0 saturated heterocycles. The van der Waals surface area contributed by atoms with E-state index in [4.69, 9.17) is 16.7 Å². The first-order chi connectivity index (χ1) is 7.54. The Morgan fingerprint density at radius 1 is 1.44 bits per heavy atom. The smallest absolute Gasteiger partial charge is 0.337 e. The van der Waals surface area contributed by atoms with Crippen molar-refractivity contribution in [1.29, 1.82) is 0 Å². The lowest BCUT2D eigenvalue weighted by Crippen LogP contribution is -2.13. The molecule has 0 saturated carbocycles. The number of carbonyl (C=O) groups is 2. The molecule has 2 N–H and O–H groups in total. The molecule has 1 aromatic carbocycles. The molecule has 0 unspecified atom stereocenters. The van der Waals surface area contributed by atoms with Crippen molar-refractivity contribution in [3.8, 4) is 0 Å². The molecular formula is C11H12ClNO3. The van der Waals surface area contributed by atoms with Gasteiger partial charge in [-0.1, -0.05) is 18.5 Å². The minimum absolute atomic E-state index is 0.00282. The van der Waals surface area contributed by atoms with Crippen molar-refractivity contribution < 1.29 is 14.7 Å². The van der Waals surface area contributed by atoms with Gasteiger partial charge in [0.2, 0.25) is 5.91 Å². The highest BCUT2D eigenvalue weighted by molar-refractivity contribution is 6.31. The number of hydrogen-bond donors (Lipinski definition) is 2. The van der Waals surface area contributed by atoms with E-state index in [2.05, 4.69) is 5.32 Å². The lowest BCUT2D eigenvalue weighted by atomic mass is 10.1. The molecular weight excluding hydrogens is 230 g/mol. The second kappa shape index (κ2) is 5.51. The molecule has 4 nitrogen and oxygen atoms in total. The Bertz CT molecular complexity index is 418. The number of hydrogen-bond acceptors (Lipinski definition) is 2. The molecule has 0 spiro atoms. The SMILES string of the molecule is CCCC(=O)Nc1ccc(Cl)cc1C(=O)O. The van der Waals surface area contributed by atoms with Gasteiger partial charge >= 0.3 is 5.97 Å². The summed E-state index contributed by atoms with van der Waals surface area (Å²) < 4.78 is 0. The molecule has 5 heteroatoms. The van der Waals surface area contributed by atoms with Crippen molar-refractivity contribution in [2.24, 2.45) is 0 Å². The van der Waals surface area contributed by atoms with Crippen LogP contribution in [-0.2, 0) is 4.79 Å². The molecule has 0 aliphatic heterocycles. The van der Waals surface area contributed by atoms with Crippen molar-refractivity contribution in [2.45, 2.75) is 19.8 Å². The lowest BCUT2D eigenvalue weighted by molar-refractivity contribution is -0.116. The van der Waals surface area contributed by atoms with Gasteiger partial charge in [-0.05, 0) is 24.6 Å². The van der Waals surface area contributed by atoms with Gasteiger partial charge in [-0.15, -0.1) is 0 Å². The lowest BCUT2D eigenvalue weighted by Gasteiger charge is -2.08. The molecule has 1 amide bonds. The fraction of sp³-hybridized carbons (Fsp3) is 0.273. The van der Waals surface area contributed by atoms with Crippen LogP contribution in [-0.4, -0.2) is 17.0 Å². The number of nitrogens with one attached hydrogen (secondary N) is 1. The van der Waals surface area contributed by atoms with E-state index in [0.29, 0.717) is 17.9 Å². The van der Waals surface area contributed by atoms with Gasteiger partial charge in [0.1, 0.15) is 0 Å². The molecule has 0 heterocycles. The molecule has 1 rings (SSSR count). The Kier molecular flexibility index (Phi) is 4.31.